The molecule has 0 bridgehead atoms. The fourth-order valence-corrected chi connectivity index (χ4v) is 3.10. The summed E-state index contributed by atoms with van der Waals surface area (Å²) >= 11 is 0.486. The van der Waals surface area contributed by atoms with E-state index in [1.165, 1.54) is 6.08 Å². The Kier molecular flexibility index (Phi) is 7.90. The third kappa shape index (κ3) is 6.67. The molecule has 1 saturated heterocycles. The fraction of sp³-hybridized carbons (Fsp3) is 0.444. The summed E-state index contributed by atoms with van der Waals surface area (Å²) in [6.45, 7) is 3.22. The van der Waals surface area contributed by atoms with Crippen LogP contribution in [0.2, 0.25) is 0 Å². The first-order chi connectivity index (χ1) is 12.5. The highest BCUT2D eigenvalue weighted by molar-refractivity contribution is 7.99. The van der Waals surface area contributed by atoms with Crippen LogP contribution in [0.25, 0.3) is 6.08 Å². The highest BCUT2D eigenvalue weighted by Crippen LogP contribution is 2.25. The molecule has 1 N–H and O–H groups in total. The molecule has 2 amide bonds. The summed E-state index contributed by atoms with van der Waals surface area (Å²) in [5.41, 5.74) is 0.760. The summed E-state index contributed by atoms with van der Waals surface area (Å²) < 4.78 is 29.5. The first-order valence-electron chi connectivity index (χ1n) is 8.43. The molecule has 0 radical (unpaired) electrons. The Labute approximate surface area is 155 Å². The van der Waals surface area contributed by atoms with E-state index < -0.39 is 5.76 Å². The van der Waals surface area contributed by atoms with Crippen molar-refractivity contribution in [3.8, 4) is 0 Å². The second-order valence-electron chi connectivity index (χ2n) is 5.75. The molecule has 1 aromatic carbocycles. The Balaban J connectivity index is 1.76. The normalized spacial score (nSPS) is 15.5. The van der Waals surface area contributed by atoms with E-state index in [9.17, 15) is 18.4 Å². The second kappa shape index (κ2) is 10.2. The largest absolute Gasteiger partial charge is 0.450 e. The predicted octanol–water partition coefficient (Wildman–Crippen LogP) is 3.75. The molecule has 0 spiro atoms. The molecule has 0 aromatic heterocycles. The SMILES string of the molecule is CCOC(=O)N1CCC(NC(=O)C=Cc2ccc(SC(F)F)cc2)CC1. The van der Waals surface area contributed by atoms with E-state index in [0.717, 1.165) is 5.56 Å². The van der Waals surface area contributed by atoms with Gasteiger partial charge in [0.25, 0.3) is 5.76 Å². The number of amides is 2. The van der Waals surface area contributed by atoms with E-state index in [4.69, 9.17) is 4.74 Å². The van der Waals surface area contributed by atoms with Crippen LogP contribution in [-0.4, -0.2) is 48.4 Å². The molecule has 1 aliphatic rings. The Morgan fingerprint density at radius 2 is 1.96 bits per heavy atom. The number of carbonyl (C=O) groups is 2. The first-order valence-corrected chi connectivity index (χ1v) is 9.31. The van der Waals surface area contributed by atoms with Gasteiger partial charge in [-0.05, 0) is 43.5 Å². The van der Waals surface area contributed by atoms with Gasteiger partial charge in [0.15, 0.2) is 0 Å². The molecule has 1 heterocycles. The van der Waals surface area contributed by atoms with Crippen LogP contribution >= 0.6 is 11.8 Å². The topological polar surface area (TPSA) is 58.6 Å². The quantitative estimate of drug-likeness (QED) is 0.599. The maximum atomic E-state index is 12.3. The summed E-state index contributed by atoms with van der Waals surface area (Å²) in [7, 11) is 0. The van der Waals surface area contributed by atoms with E-state index in [1.54, 1.807) is 42.2 Å². The van der Waals surface area contributed by atoms with Crippen molar-refractivity contribution in [1.29, 1.82) is 0 Å². The number of halogens is 2. The minimum Gasteiger partial charge on any atom is -0.450 e. The number of ether oxygens (including phenoxy) is 1. The van der Waals surface area contributed by atoms with Crippen molar-refractivity contribution in [3.63, 3.8) is 0 Å². The highest BCUT2D eigenvalue weighted by Gasteiger charge is 2.23. The maximum Gasteiger partial charge on any atom is 0.409 e. The van der Waals surface area contributed by atoms with E-state index in [2.05, 4.69) is 5.32 Å². The number of piperidine rings is 1. The van der Waals surface area contributed by atoms with Crippen molar-refractivity contribution in [1.82, 2.24) is 10.2 Å². The molecule has 5 nitrogen and oxygen atoms in total. The molecule has 1 aliphatic heterocycles. The zero-order chi connectivity index (χ0) is 18.9. The molecule has 8 heteroatoms. The smallest absolute Gasteiger partial charge is 0.409 e. The van der Waals surface area contributed by atoms with Gasteiger partial charge in [-0.25, -0.2) is 4.79 Å². The van der Waals surface area contributed by atoms with Crippen LogP contribution < -0.4 is 5.32 Å². The summed E-state index contributed by atoms with van der Waals surface area (Å²) in [6.07, 6.45) is 4.11. The van der Waals surface area contributed by atoms with Gasteiger partial charge >= 0.3 is 6.09 Å². The summed E-state index contributed by atoms with van der Waals surface area (Å²) in [6, 6.07) is 6.58. The summed E-state index contributed by atoms with van der Waals surface area (Å²) in [5.74, 6) is -2.66. The van der Waals surface area contributed by atoms with Crippen LogP contribution in [0.1, 0.15) is 25.3 Å². The van der Waals surface area contributed by atoms with Crippen LogP contribution in [0.3, 0.4) is 0 Å². The van der Waals surface area contributed by atoms with Crippen molar-refractivity contribution in [2.45, 2.75) is 36.5 Å². The third-order valence-electron chi connectivity index (χ3n) is 3.90. The standard InChI is InChI=1S/C18H22F2N2O3S/c1-2-25-18(24)22-11-9-14(10-12-22)21-16(23)8-5-13-3-6-15(7-4-13)26-17(19)20/h3-8,14,17H,2,9-12H2,1H3,(H,21,23). The minimum atomic E-state index is -2.45. The van der Waals surface area contributed by atoms with Crippen molar-refractivity contribution in [3.05, 3.63) is 35.9 Å². The van der Waals surface area contributed by atoms with E-state index >= 15 is 0 Å². The lowest BCUT2D eigenvalue weighted by Crippen LogP contribution is -2.46. The molecular weight excluding hydrogens is 362 g/mol. The molecule has 26 heavy (non-hydrogen) atoms. The van der Waals surface area contributed by atoms with E-state index in [0.29, 0.717) is 49.2 Å². The van der Waals surface area contributed by atoms with Gasteiger partial charge in [-0.15, -0.1) is 0 Å². The van der Waals surface area contributed by atoms with Gasteiger partial charge in [0.05, 0.1) is 6.61 Å². The van der Waals surface area contributed by atoms with Gasteiger partial charge in [-0.1, -0.05) is 23.9 Å². The van der Waals surface area contributed by atoms with Gasteiger partial charge in [0.2, 0.25) is 5.91 Å². The fourth-order valence-electron chi connectivity index (χ4n) is 2.60. The Morgan fingerprint density at radius 3 is 2.54 bits per heavy atom. The monoisotopic (exact) mass is 384 g/mol. The first kappa shape index (κ1) is 20.2. The molecule has 2 rings (SSSR count). The molecule has 142 valence electrons. The number of likely N-dealkylation sites (tertiary alicyclic amines) is 1. The number of hydrogen-bond donors (Lipinski definition) is 1. The molecule has 0 atom stereocenters. The van der Waals surface area contributed by atoms with Gasteiger partial charge in [0.1, 0.15) is 0 Å². The van der Waals surface area contributed by atoms with Gasteiger partial charge in [0, 0.05) is 30.1 Å². The maximum absolute atomic E-state index is 12.3. The Hall–Kier alpha value is -2.09. The molecule has 0 aliphatic carbocycles. The van der Waals surface area contributed by atoms with E-state index in [-0.39, 0.29) is 18.0 Å². The number of rotatable bonds is 6. The van der Waals surface area contributed by atoms with Crippen molar-refractivity contribution in [2.24, 2.45) is 0 Å². The second-order valence-corrected chi connectivity index (χ2v) is 6.81. The van der Waals surface area contributed by atoms with E-state index in [1.807, 2.05) is 0 Å². The molecule has 0 saturated carbocycles. The minimum absolute atomic E-state index is 0.0163. The summed E-state index contributed by atoms with van der Waals surface area (Å²) in [4.78, 5) is 25.8. The lowest BCUT2D eigenvalue weighted by Gasteiger charge is -2.31. The van der Waals surface area contributed by atoms with Crippen LogP contribution in [0.5, 0.6) is 0 Å². The van der Waals surface area contributed by atoms with Crippen LogP contribution in [0, 0.1) is 0 Å². The summed E-state index contributed by atoms with van der Waals surface area (Å²) in [5, 5.41) is 2.91. The van der Waals surface area contributed by atoms with Crippen molar-refractivity contribution in [2.75, 3.05) is 19.7 Å². The van der Waals surface area contributed by atoms with Crippen molar-refractivity contribution >= 4 is 29.8 Å². The van der Waals surface area contributed by atoms with Crippen LogP contribution in [0.4, 0.5) is 13.6 Å². The molecular formula is C18H22F2N2O3S. The number of nitrogens with one attached hydrogen (secondary N) is 1. The van der Waals surface area contributed by atoms with Crippen molar-refractivity contribution < 1.29 is 23.1 Å². The molecule has 1 fully saturated rings. The Bertz CT molecular complexity index is 630. The Morgan fingerprint density at radius 1 is 1.31 bits per heavy atom. The molecule has 1 aromatic rings. The zero-order valence-electron chi connectivity index (χ0n) is 14.5. The highest BCUT2D eigenvalue weighted by atomic mass is 32.2. The lowest BCUT2D eigenvalue weighted by atomic mass is 10.1. The number of hydrogen-bond acceptors (Lipinski definition) is 4. The lowest BCUT2D eigenvalue weighted by molar-refractivity contribution is -0.117. The van der Waals surface area contributed by atoms with Gasteiger partial charge in [-0.3, -0.25) is 4.79 Å². The number of alkyl halides is 2. The number of carbonyl (C=O) groups excluding carboxylic acids is 2. The van der Waals surface area contributed by atoms with Gasteiger partial charge < -0.3 is 15.0 Å². The van der Waals surface area contributed by atoms with Crippen LogP contribution in [0.15, 0.2) is 35.2 Å². The molecule has 0 unspecified atom stereocenters. The average molecular weight is 384 g/mol. The number of benzene rings is 1. The predicted molar refractivity (Wildman–Crippen MR) is 97.1 cm³/mol. The van der Waals surface area contributed by atoms with Crippen LogP contribution in [-0.2, 0) is 9.53 Å². The number of nitrogens with zero attached hydrogens (tertiary/aromatic N) is 1. The number of thioether (sulfide) groups is 1. The third-order valence-corrected chi connectivity index (χ3v) is 4.62. The zero-order valence-corrected chi connectivity index (χ0v) is 15.3. The van der Waals surface area contributed by atoms with Gasteiger partial charge in [-0.2, -0.15) is 8.78 Å². The average Bonchev–Trinajstić information content (AvgIpc) is 2.61.